The highest BCUT2D eigenvalue weighted by Gasteiger charge is 2.38. The maximum Gasteiger partial charge on any atom is 0.234 e. The van der Waals surface area contributed by atoms with Gasteiger partial charge in [-0.3, -0.25) is 14.4 Å². The SMILES string of the molecule is C=C/C=C\C=C/CCC1CN(CC(=O)NCc2ccc(SCC)cc2)CC1c1cn(C)nc1C(C)(C)C. The number of hydrogen-bond acceptors (Lipinski definition) is 4. The molecule has 1 aromatic carbocycles. The molecule has 1 aliphatic heterocycles. The van der Waals surface area contributed by atoms with Crippen LogP contribution in [0.15, 0.2) is 72.3 Å². The molecule has 200 valence electrons. The van der Waals surface area contributed by atoms with Gasteiger partial charge in [0.05, 0.1) is 12.2 Å². The second-order valence-corrected chi connectivity index (χ2v) is 12.2. The van der Waals surface area contributed by atoms with Gasteiger partial charge in [-0.15, -0.1) is 11.8 Å². The van der Waals surface area contributed by atoms with Crippen LogP contribution in [0.1, 0.15) is 63.3 Å². The summed E-state index contributed by atoms with van der Waals surface area (Å²) in [6.07, 6.45) is 14.4. The summed E-state index contributed by atoms with van der Waals surface area (Å²) < 4.78 is 1.95. The number of aromatic nitrogens is 2. The second-order valence-electron chi connectivity index (χ2n) is 10.9. The minimum atomic E-state index is -0.0213. The Hall–Kier alpha value is -2.57. The van der Waals surface area contributed by atoms with Crippen LogP contribution in [-0.4, -0.2) is 46.0 Å². The largest absolute Gasteiger partial charge is 0.351 e. The van der Waals surface area contributed by atoms with Gasteiger partial charge in [-0.05, 0) is 47.8 Å². The van der Waals surface area contributed by atoms with Gasteiger partial charge in [0.2, 0.25) is 5.91 Å². The zero-order valence-electron chi connectivity index (χ0n) is 23.2. The van der Waals surface area contributed by atoms with Gasteiger partial charge in [-0.25, -0.2) is 0 Å². The standard InChI is InChI=1S/C31H44N4OS/c1-7-9-10-11-12-13-14-25-20-35(22-27(25)28-21-34(6)33-30(28)31(3,4)5)23-29(36)32-19-24-15-17-26(18-16-24)37-8-2/h7,9-12,15-18,21,25,27H,1,8,13-14,19-20,22-23H2,2-6H3,(H,32,36)/b10-9-,12-11-. The van der Waals surface area contributed by atoms with E-state index in [0.29, 0.717) is 24.9 Å². The number of rotatable bonds is 12. The molecule has 1 amide bonds. The Morgan fingerprint density at radius 1 is 1.19 bits per heavy atom. The minimum Gasteiger partial charge on any atom is -0.351 e. The number of carbonyl (C=O) groups excluding carboxylic acids is 1. The highest BCUT2D eigenvalue weighted by molar-refractivity contribution is 7.99. The third-order valence-corrected chi connectivity index (χ3v) is 7.67. The number of aryl methyl sites for hydroxylation is 1. The molecule has 0 saturated carbocycles. The number of hydrogen-bond donors (Lipinski definition) is 1. The minimum absolute atomic E-state index is 0.0213. The molecule has 0 bridgehead atoms. The zero-order chi connectivity index (χ0) is 26.8. The topological polar surface area (TPSA) is 50.2 Å². The van der Waals surface area contributed by atoms with Gasteiger partial charge < -0.3 is 5.32 Å². The number of thioether (sulfide) groups is 1. The number of likely N-dealkylation sites (tertiary alicyclic amines) is 1. The van der Waals surface area contributed by atoms with E-state index in [4.69, 9.17) is 5.10 Å². The average Bonchev–Trinajstić information content (AvgIpc) is 3.44. The summed E-state index contributed by atoms with van der Waals surface area (Å²) in [5.74, 6) is 2.00. The lowest BCUT2D eigenvalue weighted by Gasteiger charge is -2.23. The van der Waals surface area contributed by atoms with E-state index in [1.165, 1.54) is 16.2 Å². The first-order valence-corrected chi connectivity index (χ1v) is 14.4. The summed E-state index contributed by atoms with van der Waals surface area (Å²) in [5.41, 5.74) is 3.62. The molecule has 0 aliphatic carbocycles. The second kappa shape index (κ2) is 13.8. The van der Waals surface area contributed by atoms with Gasteiger partial charge in [0.15, 0.2) is 0 Å². The lowest BCUT2D eigenvalue weighted by molar-refractivity contribution is -0.122. The number of amides is 1. The van der Waals surface area contributed by atoms with Crippen LogP contribution in [0.25, 0.3) is 0 Å². The van der Waals surface area contributed by atoms with Crippen molar-refractivity contribution in [3.63, 3.8) is 0 Å². The number of carbonyl (C=O) groups is 1. The van der Waals surface area contributed by atoms with E-state index in [0.717, 1.165) is 37.2 Å². The van der Waals surface area contributed by atoms with Crippen molar-refractivity contribution in [1.29, 1.82) is 0 Å². The van der Waals surface area contributed by atoms with Crippen LogP contribution in [0.2, 0.25) is 0 Å². The van der Waals surface area contributed by atoms with Crippen molar-refractivity contribution in [2.24, 2.45) is 13.0 Å². The molecular weight excluding hydrogens is 476 g/mol. The third-order valence-electron chi connectivity index (χ3n) is 6.77. The molecule has 6 heteroatoms. The Balaban J connectivity index is 1.65. The summed E-state index contributed by atoms with van der Waals surface area (Å²) in [6, 6.07) is 8.48. The quantitative estimate of drug-likeness (QED) is 0.266. The van der Waals surface area contributed by atoms with Crippen molar-refractivity contribution in [3.05, 3.63) is 84.2 Å². The molecule has 2 atom stereocenters. The molecule has 2 unspecified atom stereocenters. The molecule has 0 spiro atoms. The first kappa shape index (κ1) is 29.0. The summed E-state index contributed by atoms with van der Waals surface area (Å²) in [6.45, 7) is 15.4. The van der Waals surface area contributed by atoms with Gasteiger partial charge in [-0.2, -0.15) is 5.10 Å². The lowest BCUT2D eigenvalue weighted by atomic mass is 9.80. The fourth-order valence-corrected chi connectivity index (χ4v) is 5.72. The van der Waals surface area contributed by atoms with Crippen molar-refractivity contribution in [2.45, 2.75) is 63.3 Å². The van der Waals surface area contributed by atoms with E-state index in [2.05, 4.69) is 87.1 Å². The van der Waals surface area contributed by atoms with Crippen molar-refractivity contribution < 1.29 is 4.79 Å². The van der Waals surface area contributed by atoms with Gasteiger partial charge in [-0.1, -0.05) is 76.8 Å². The van der Waals surface area contributed by atoms with Crippen LogP contribution in [0, 0.1) is 5.92 Å². The monoisotopic (exact) mass is 520 g/mol. The number of nitrogens with zero attached hydrogens (tertiary/aromatic N) is 3. The maximum absolute atomic E-state index is 12.9. The van der Waals surface area contributed by atoms with E-state index >= 15 is 0 Å². The maximum atomic E-state index is 12.9. The van der Waals surface area contributed by atoms with Crippen LogP contribution in [0.5, 0.6) is 0 Å². The van der Waals surface area contributed by atoms with E-state index in [9.17, 15) is 4.79 Å². The van der Waals surface area contributed by atoms with Crippen LogP contribution < -0.4 is 5.32 Å². The van der Waals surface area contributed by atoms with Crippen molar-refractivity contribution in [3.8, 4) is 0 Å². The van der Waals surface area contributed by atoms with Crippen LogP contribution >= 0.6 is 11.8 Å². The molecule has 2 heterocycles. The summed E-state index contributed by atoms with van der Waals surface area (Å²) >= 11 is 1.83. The predicted molar refractivity (Wildman–Crippen MR) is 157 cm³/mol. The van der Waals surface area contributed by atoms with Gasteiger partial charge >= 0.3 is 0 Å². The molecule has 2 aromatic rings. The lowest BCUT2D eigenvalue weighted by Crippen LogP contribution is -2.36. The molecule has 1 aliphatic rings. The Kier molecular flexibility index (Phi) is 10.8. The molecule has 37 heavy (non-hydrogen) atoms. The molecule has 1 saturated heterocycles. The highest BCUT2D eigenvalue weighted by atomic mass is 32.2. The fraction of sp³-hybridized carbons (Fsp3) is 0.484. The number of allylic oxidation sites excluding steroid dienone is 5. The Morgan fingerprint density at radius 2 is 1.95 bits per heavy atom. The Bertz CT molecular complexity index is 1080. The third kappa shape index (κ3) is 8.75. The van der Waals surface area contributed by atoms with Gasteiger partial charge in [0.1, 0.15) is 0 Å². The van der Waals surface area contributed by atoms with Crippen LogP contribution in [-0.2, 0) is 23.8 Å². The first-order chi connectivity index (χ1) is 17.7. The number of benzene rings is 1. The smallest absolute Gasteiger partial charge is 0.234 e. The summed E-state index contributed by atoms with van der Waals surface area (Å²) in [5, 5.41) is 7.97. The molecule has 0 radical (unpaired) electrons. The predicted octanol–water partition coefficient (Wildman–Crippen LogP) is 6.24. The zero-order valence-corrected chi connectivity index (χ0v) is 24.1. The molecular formula is C31H44N4OS. The Morgan fingerprint density at radius 3 is 2.62 bits per heavy atom. The average molecular weight is 521 g/mol. The van der Waals surface area contributed by atoms with Crippen molar-refractivity contribution in [1.82, 2.24) is 20.0 Å². The molecule has 1 N–H and O–H groups in total. The van der Waals surface area contributed by atoms with Crippen molar-refractivity contribution >= 4 is 17.7 Å². The van der Waals surface area contributed by atoms with Gasteiger partial charge in [0.25, 0.3) is 0 Å². The van der Waals surface area contributed by atoms with E-state index in [1.807, 2.05) is 35.6 Å². The van der Waals surface area contributed by atoms with E-state index < -0.39 is 0 Å². The van der Waals surface area contributed by atoms with E-state index in [-0.39, 0.29) is 11.3 Å². The van der Waals surface area contributed by atoms with Crippen LogP contribution in [0.4, 0.5) is 0 Å². The molecule has 1 aromatic heterocycles. The molecule has 3 rings (SSSR count). The van der Waals surface area contributed by atoms with Crippen molar-refractivity contribution in [2.75, 3.05) is 25.4 Å². The van der Waals surface area contributed by atoms with Gasteiger partial charge in [0, 0.05) is 49.1 Å². The van der Waals surface area contributed by atoms with Crippen LogP contribution in [0.3, 0.4) is 0 Å². The highest BCUT2D eigenvalue weighted by Crippen LogP contribution is 2.39. The first-order valence-electron chi connectivity index (χ1n) is 13.4. The Labute approximate surface area is 228 Å². The normalized spacial score (nSPS) is 18.7. The fourth-order valence-electron chi connectivity index (χ4n) is 5.05. The molecule has 5 nitrogen and oxygen atoms in total. The van der Waals surface area contributed by atoms with E-state index in [1.54, 1.807) is 6.08 Å². The molecule has 1 fully saturated rings. The summed E-state index contributed by atoms with van der Waals surface area (Å²) in [7, 11) is 2.01. The number of nitrogens with one attached hydrogen (secondary N) is 1. The summed E-state index contributed by atoms with van der Waals surface area (Å²) in [4.78, 5) is 16.5.